The lowest BCUT2D eigenvalue weighted by Gasteiger charge is -2.11. The topological polar surface area (TPSA) is 83.6 Å². The Balaban J connectivity index is 1.81. The molecule has 1 N–H and O–H groups in total. The van der Waals surface area contributed by atoms with Crippen LogP contribution in [0.2, 0.25) is 0 Å². The number of nitrogens with zero attached hydrogens (tertiary/aromatic N) is 1. The van der Waals surface area contributed by atoms with E-state index in [1.165, 1.54) is 30.0 Å². The third-order valence-corrected chi connectivity index (χ3v) is 4.23. The Labute approximate surface area is 150 Å². The van der Waals surface area contributed by atoms with Gasteiger partial charge in [0.05, 0.1) is 11.1 Å². The largest absolute Gasteiger partial charge is 0.322 e. The number of benzene rings is 2. The van der Waals surface area contributed by atoms with Gasteiger partial charge in [0.25, 0.3) is 17.7 Å². The molecule has 3 amide bonds. The van der Waals surface area contributed by atoms with E-state index in [0.717, 1.165) is 0 Å². The van der Waals surface area contributed by atoms with Crippen LogP contribution in [0.3, 0.4) is 0 Å². The van der Waals surface area contributed by atoms with Crippen LogP contribution in [-0.4, -0.2) is 34.9 Å². The molecule has 0 spiro atoms. The van der Waals surface area contributed by atoms with Gasteiger partial charge in [0, 0.05) is 23.4 Å². The van der Waals surface area contributed by atoms with Gasteiger partial charge >= 0.3 is 0 Å². The van der Waals surface area contributed by atoms with Gasteiger partial charge in [-0.3, -0.25) is 24.1 Å². The van der Waals surface area contributed by atoms with Gasteiger partial charge in [-0.1, -0.05) is 6.92 Å². The van der Waals surface area contributed by atoms with E-state index in [0.29, 0.717) is 35.3 Å². The predicted octanol–water partition coefficient (Wildman–Crippen LogP) is 3.15. The molecule has 0 fully saturated rings. The highest BCUT2D eigenvalue weighted by molar-refractivity contribution is 6.22. The molecule has 1 aliphatic heterocycles. The summed E-state index contributed by atoms with van der Waals surface area (Å²) < 4.78 is 0. The smallest absolute Gasteiger partial charge is 0.261 e. The third kappa shape index (κ3) is 3.13. The number of ketones is 1. The molecule has 6 heteroatoms. The van der Waals surface area contributed by atoms with Gasteiger partial charge in [-0.15, -0.1) is 0 Å². The first-order chi connectivity index (χ1) is 12.4. The summed E-state index contributed by atoms with van der Waals surface area (Å²) in [6.45, 7) is 3.72. The minimum Gasteiger partial charge on any atom is -0.322 e. The van der Waals surface area contributed by atoms with Crippen LogP contribution >= 0.6 is 0 Å². The Hall–Kier alpha value is -3.28. The first-order valence-electron chi connectivity index (χ1n) is 8.35. The average Bonchev–Trinajstić information content (AvgIpc) is 2.87. The van der Waals surface area contributed by atoms with Gasteiger partial charge in [0.2, 0.25) is 0 Å². The lowest BCUT2D eigenvalue weighted by atomic mass is 10.1. The summed E-state index contributed by atoms with van der Waals surface area (Å²) >= 11 is 0. The highest BCUT2D eigenvalue weighted by Gasteiger charge is 2.35. The molecule has 0 radical (unpaired) electrons. The molecule has 132 valence electrons. The molecule has 0 aliphatic carbocycles. The van der Waals surface area contributed by atoms with Crippen LogP contribution in [0.25, 0.3) is 0 Å². The second-order valence-electron chi connectivity index (χ2n) is 6.11. The number of fused-ring (bicyclic) bond motifs is 1. The molecule has 0 aromatic heterocycles. The van der Waals surface area contributed by atoms with Crippen molar-refractivity contribution in [2.45, 2.75) is 20.3 Å². The molecule has 0 bridgehead atoms. The van der Waals surface area contributed by atoms with E-state index in [2.05, 4.69) is 5.32 Å². The Morgan fingerprint density at radius 2 is 1.54 bits per heavy atom. The molecule has 0 saturated carbocycles. The van der Waals surface area contributed by atoms with E-state index in [1.807, 2.05) is 6.92 Å². The second kappa shape index (κ2) is 6.92. The molecule has 1 aliphatic rings. The number of nitrogens with one attached hydrogen (secondary N) is 1. The van der Waals surface area contributed by atoms with Gasteiger partial charge in [-0.25, -0.2) is 0 Å². The number of hydrogen-bond donors (Lipinski definition) is 1. The SMILES string of the molecule is CCCN1C(=O)c2ccc(C(=O)Nc3ccc(C(C)=O)cc3)cc2C1=O. The van der Waals surface area contributed by atoms with Crippen molar-refractivity contribution >= 4 is 29.2 Å². The van der Waals surface area contributed by atoms with E-state index < -0.39 is 5.91 Å². The van der Waals surface area contributed by atoms with Crippen LogP contribution < -0.4 is 5.32 Å². The van der Waals surface area contributed by atoms with Gasteiger partial charge < -0.3 is 5.32 Å². The van der Waals surface area contributed by atoms with Crippen LogP contribution in [0.15, 0.2) is 42.5 Å². The van der Waals surface area contributed by atoms with Crippen molar-refractivity contribution in [1.29, 1.82) is 0 Å². The highest BCUT2D eigenvalue weighted by Crippen LogP contribution is 2.24. The average molecular weight is 350 g/mol. The van der Waals surface area contributed by atoms with E-state index >= 15 is 0 Å². The van der Waals surface area contributed by atoms with Crippen molar-refractivity contribution in [2.75, 3.05) is 11.9 Å². The van der Waals surface area contributed by atoms with Crippen molar-refractivity contribution < 1.29 is 19.2 Å². The van der Waals surface area contributed by atoms with Gasteiger partial charge in [-0.2, -0.15) is 0 Å². The Bertz CT molecular complexity index is 916. The minimum atomic E-state index is -0.391. The van der Waals surface area contributed by atoms with E-state index in [4.69, 9.17) is 0 Å². The first-order valence-corrected chi connectivity index (χ1v) is 8.35. The summed E-state index contributed by atoms with van der Waals surface area (Å²) in [6.07, 6.45) is 0.676. The fourth-order valence-corrected chi connectivity index (χ4v) is 2.85. The number of carbonyl (C=O) groups excluding carboxylic acids is 4. The van der Waals surface area contributed by atoms with E-state index in [9.17, 15) is 19.2 Å². The highest BCUT2D eigenvalue weighted by atomic mass is 16.2. The van der Waals surface area contributed by atoms with Gasteiger partial charge in [-0.05, 0) is 55.8 Å². The zero-order valence-electron chi connectivity index (χ0n) is 14.5. The van der Waals surface area contributed by atoms with Crippen LogP contribution in [0, 0.1) is 0 Å². The van der Waals surface area contributed by atoms with Crippen molar-refractivity contribution in [3.05, 3.63) is 64.7 Å². The van der Waals surface area contributed by atoms with Crippen molar-refractivity contribution in [3.8, 4) is 0 Å². The molecule has 2 aromatic carbocycles. The number of amides is 3. The zero-order chi connectivity index (χ0) is 18.8. The maximum atomic E-state index is 12.4. The molecule has 6 nitrogen and oxygen atoms in total. The predicted molar refractivity (Wildman–Crippen MR) is 96.5 cm³/mol. The van der Waals surface area contributed by atoms with Gasteiger partial charge in [0.1, 0.15) is 0 Å². The normalized spacial score (nSPS) is 12.9. The molecule has 2 aromatic rings. The van der Waals surface area contributed by atoms with Gasteiger partial charge in [0.15, 0.2) is 5.78 Å². The van der Waals surface area contributed by atoms with Crippen molar-refractivity contribution in [2.24, 2.45) is 0 Å². The van der Waals surface area contributed by atoms with Crippen LogP contribution in [0.5, 0.6) is 0 Å². The molecular weight excluding hydrogens is 332 g/mol. The number of Topliss-reactive ketones (excluding diaryl/α,β-unsaturated/α-hetero) is 1. The molecule has 1 heterocycles. The maximum Gasteiger partial charge on any atom is 0.261 e. The summed E-state index contributed by atoms with van der Waals surface area (Å²) in [5, 5.41) is 2.72. The lowest BCUT2D eigenvalue weighted by Crippen LogP contribution is -2.30. The molecule has 0 atom stereocenters. The van der Waals surface area contributed by atoms with Crippen LogP contribution in [-0.2, 0) is 0 Å². The summed E-state index contributed by atoms with van der Waals surface area (Å²) in [4.78, 5) is 49.5. The summed E-state index contributed by atoms with van der Waals surface area (Å²) in [5.41, 5.74) is 1.96. The number of rotatable bonds is 5. The monoisotopic (exact) mass is 350 g/mol. The summed E-state index contributed by atoms with van der Waals surface area (Å²) in [5.74, 6) is -1.13. The van der Waals surface area contributed by atoms with Crippen molar-refractivity contribution in [1.82, 2.24) is 4.90 Å². The van der Waals surface area contributed by atoms with E-state index in [1.54, 1.807) is 24.3 Å². The third-order valence-electron chi connectivity index (χ3n) is 4.23. The quantitative estimate of drug-likeness (QED) is 0.663. The number of carbonyl (C=O) groups is 4. The fraction of sp³-hybridized carbons (Fsp3) is 0.200. The molecule has 0 saturated heterocycles. The number of hydrogen-bond acceptors (Lipinski definition) is 4. The fourth-order valence-electron chi connectivity index (χ4n) is 2.85. The first kappa shape index (κ1) is 17.5. The number of imide groups is 1. The maximum absolute atomic E-state index is 12.4. The zero-order valence-corrected chi connectivity index (χ0v) is 14.5. The van der Waals surface area contributed by atoms with Crippen LogP contribution in [0.1, 0.15) is 61.7 Å². The molecule has 26 heavy (non-hydrogen) atoms. The molecule has 0 unspecified atom stereocenters. The Morgan fingerprint density at radius 1 is 0.923 bits per heavy atom. The number of anilines is 1. The van der Waals surface area contributed by atoms with E-state index in [-0.39, 0.29) is 23.2 Å². The minimum absolute atomic E-state index is 0.0543. The summed E-state index contributed by atoms with van der Waals surface area (Å²) in [6, 6.07) is 11.0. The second-order valence-corrected chi connectivity index (χ2v) is 6.11. The molecular formula is C20H18N2O4. The van der Waals surface area contributed by atoms with Crippen LogP contribution in [0.4, 0.5) is 5.69 Å². The standard InChI is InChI=1S/C20H18N2O4/c1-3-10-22-19(25)16-9-6-14(11-17(16)20(22)26)18(24)21-15-7-4-13(5-8-15)12(2)23/h4-9,11H,3,10H2,1-2H3,(H,21,24). The van der Waals surface area contributed by atoms with Crippen molar-refractivity contribution in [3.63, 3.8) is 0 Å². The lowest BCUT2D eigenvalue weighted by molar-refractivity contribution is 0.0654. The molecule has 3 rings (SSSR count). The Kier molecular flexibility index (Phi) is 4.67. The summed E-state index contributed by atoms with van der Waals surface area (Å²) in [7, 11) is 0. The Morgan fingerprint density at radius 3 is 2.15 bits per heavy atom.